The molecule has 6 heteroatoms. The van der Waals surface area contributed by atoms with Crippen molar-refractivity contribution in [1.82, 2.24) is 19.6 Å². The summed E-state index contributed by atoms with van der Waals surface area (Å²) in [4.78, 5) is 16.9. The van der Waals surface area contributed by atoms with Crippen LogP contribution >= 0.6 is 0 Å². The van der Waals surface area contributed by atoms with Gasteiger partial charge < -0.3 is 9.64 Å². The van der Waals surface area contributed by atoms with Crippen LogP contribution in [0.1, 0.15) is 37.7 Å². The molecule has 2 fully saturated rings. The Labute approximate surface area is 138 Å². The van der Waals surface area contributed by atoms with Gasteiger partial charge in [0.05, 0.1) is 12.3 Å². The molecule has 0 aliphatic carbocycles. The molecule has 0 aromatic carbocycles. The summed E-state index contributed by atoms with van der Waals surface area (Å²) in [6.45, 7) is 5.50. The number of aryl methyl sites for hydroxylation is 1. The predicted molar refractivity (Wildman–Crippen MR) is 87.9 cm³/mol. The van der Waals surface area contributed by atoms with Crippen molar-refractivity contribution in [1.29, 1.82) is 0 Å². The van der Waals surface area contributed by atoms with Gasteiger partial charge in [0.1, 0.15) is 0 Å². The van der Waals surface area contributed by atoms with Gasteiger partial charge in [0, 0.05) is 64.6 Å². The average molecular weight is 320 g/mol. The first kappa shape index (κ1) is 16.5. The summed E-state index contributed by atoms with van der Waals surface area (Å²) in [5.74, 6) is 0.295. The zero-order chi connectivity index (χ0) is 16.1. The normalized spacial score (nSPS) is 23.2. The van der Waals surface area contributed by atoms with Crippen LogP contribution in [-0.4, -0.2) is 64.4 Å². The molecule has 2 aliphatic rings. The van der Waals surface area contributed by atoms with Crippen molar-refractivity contribution >= 4 is 5.91 Å². The van der Waals surface area contributed by atoms with Gasteiger partial charge in [0.15, 0.2) is 0 Å². The van der Waals surface area contributed by atoms with E-state index in [1.807, 2.05) is 22.8 Å². The van der Waals surface area contributed by atoms with Crippen LogP contribution in [-0.2, 0) is 23.1 Å². The van der Waals surface area contributed by atoms with Crippen molar-refractivity contribution in [2.45, 2.75) is 44.8 Å². The summed E-state index contributed by atoms with van der Waals surface area (Å²) < 4.78 is 7.46. The standard InChI is InChI=1S/C17H28N4O2/c1-19-13-15(12-18-19)14-20-7-3-8-21(10-9-20)17(22)6-5-16-4-2-11-23-16/h12-13,16H,2-11,14H2,1H3. The molecular weight excluding hydrogens is 292 g/mol. The molecule has 0 N–H and O–H groups in total. The van der Waals surface area contributed by atoms with Gasteiger partial charge in [-0.2, -0.15) is 5.10 Å². The summed E-state index contributed by atoms with van der Waals surface area (Å²) in [7, 11) is 1.94. The average Bonchev–Trinajstić information content (AvgIpc) is 3.13. The largest absolute Gasteiger partial charge is 0.378 e. The van der Waals surface area contributed by atoms with Crippen LogP contribution in [0.15, 0.2) is 12.4 Å². The number of hydrogen-bond acceptors (Lipinski definition) is 4. The Morgan fingerprint density at radius 3 is 2.96 bits per heavy atom. The Kier molecular flexibility index (Phi) is 5.67. The monoisotopic (exact) mass is 320 g/mol. The van der Waals surface area contributed by atoms with E-state index < -0.39 is 0 Å². The summed E-state index contributed by atoms with van der Waals surface area (Å²) in [6.07, 6.45) is 9.13. The molecule has 1 aromatic rings. The number of rotatable bonds is 5. The summed E-state index contributed by atoms with van der Waals surface area (Å²) in [5, 5.41) is 4.22. The number of ether oxygens (including phenoxy) is 1. The first-order chi connectivity index (χ1) is 11.2. The van der Waals surface area contributed by atoms with E-state index in [4.69, 9.17) is 4.74 Å². The highest BCUT2D eigenvalue weighted by Gasteiger charge is 2.22. The second-order valence-corrected chi connectivity index (χ2v) is 6.71. The molecule has 128 valence electrons. The van der Waals surface area contributed by atoms with Gasteiger partial charge >= 0.3 is 0 Å². The number of carbonyl (C=O) groups excluding carboxylic acids is 1. The molecule has 3 heterocycles. The van der Waals surface area contributed by atoms with Crippen LogP contribution in [0.5, 0.6) is 0 Å². The fraction of sp³-hybridized carbons (Fsp3) is 0.765. The summed E-state index contributed by atoms with van der Waals surface area (Å²) in [6, 6.07) is 0. The van der Waals surface area contributed by atoms with E-state index >= 15 is 0 Å². The SMILES string of the molecule is Cn1cc(CN2CCCN(C(=O)CCC3CCCO3)CC2)cn1. The van der Waals surface area contributed by atoms with E-state index in [0.717, 1.165) is 65.0 Å². The maximum absolute atomic E-state index is 12.4. The van der Waals surface area contributed by atoms with Crippen LogP contribution in [0, 0.1) is 0 Å². The smallest absolute Gasteiger partial charge is 0.222 e. The maximum atomic E-state index is 12.4. The molecule has 23 heavy (non-hydrogen) atoms. The molecule has 1 aromatic heterocycles. The Balaban J connectivity index is 1.42. The molecule has 0 saturated carbocycles. The molecular formula is C17H28N4O2. The van der Waals surface area contributed by atoms with Crippen molar-refractivity contribution in [3.63, 3.8) is 0 Å². The van der Waals surface area contributed by atoms with E-state index in [0.29, 0.717) is 18.4 Å². The van der Waals surface area contributed by atoms with Crippen molar-refractivity contribution in [3.8, 4) is 0 Å². The third-order valence-electron chi connectivity index (χ3n) is 4.81. The van der Waals surface area contributed by atoms with Crippen LogP contribution in [0.3, 0.4) is 0 Å². The molecule has 3 rings (SSSR count). The molecule has 1 amide bonds. The van der Waals surface area contributed by atoms with E-state index in [9.17, 15) is 4.79 Å². The van der Waals surface area contributed by atoms with Crippen molar-refractivity contribution in [2.75, 3.05) is 32.8 Å². The van der Waals surface area contributed by atoms with Crippen molar-refractivity contribution in [2.24, 2.45) is 7.05 Å². The van der Waals surface area contributed by atoms with Gasteiger partial charge in [0.2, 0.25) is 5.91 Å². The molecule has 0 bridgehead atoms. The highest BCUT2D eigenvalue weighted by molar-refractivity contribution is 5.76. The lowest BCUT2D eigenvalue weighted by Gasteiger charge is -2.22. The first-order valence-corrected chi connectivity index (χ1v) is 8.80. The highest BCUT2D eigenvalue weighted by atomic mass is 16.5. The minimum absolute atomic E-state index is 0.295. The zero-order valence-corrected chi connectivity index (χ0v) is 14.1. The quantitative estimate of drug-likeness (QED) is 0.823. The number of amides is 1. The molecule has 2 aliphatic heterocycles. The minimum atomic E-state index is 0.295. The molecule has 0 spiro atoms. The second kappa shape index (κ2) is 7.93. The Morgan fingerprint density at radius 2 is 2.22 bits per heavy atom. The molecule has 2 saturated heterocycles. The number of hydrogen-bond donors (Lipinski definition) is 0. The van der Waals surface area contributed by atoms with Gasteiger partial charge in [-0.3, -0.25) is 14.4 Å². The van der Waals surface area contributed by atoms with E-state index in [-0.39, 0.29) is 0 Å². The third kappa shape index (κ3) is 4.78. The highest BCUT2D eigenvalue weighted by Crippen LogP contribution is 2.18. The van der Waals surface area contributed by atoms with Crippen molar-refractivity contribution < 1.29 is 9.53 Å². The lowest BCUT2D eigenvalue weighted by atomic mass is 10.1. The van der Waals surface area contributed by atoms with Crippen LogP contribution < -0.4 is 0 Å². The van der Waals surface area contributed by atoms with Crippen LogP contribution in [0.2, 0.25) is 0 Å². The summed E-state index contributed by atoms with van der Waals surface area (Å²) >= 11 is 0. The molecule has 1 atom stereocenters. The van der Waals surface area contributed by atoms with Gasteiger partial charge in [-0.25, -0.2) is 0 Å². The Hall–Kier alpha value is -1.40. The summed E-state index contributed by atoms with van der Waals surface area (Å²) in [5.41, 5.74) is 1.24. The zero-order valence-electron chi connectivity index (χ0n) is 14.1. The molecule has 0 radical (unpaired) electrons. The molecule has 6 nitrogen and oxygen atoms in total. The maximum Gasteiger partial charge on any atom is 0.222 e. The predicted octanol–water partition coefficient (Wildman–Crippen LogP) is 1.41. The van der Waals surface area contributed by atoms with E-state index in [1.165, 1.54) is 5.56 Å². The number of aromatic nitrogens is 2. The van der Waals surface area contributed by atoms with Crippen LogP contribution in [0.4, 0.5) is 0 Å². The third-order valence-corrected chi connectivity index (χ3v) is 4.81. The lowest BCUT2D eigenvalue weighted by Crippen LogP contribution is -2.35. The molecule has 1 unspecified atom stereocenters. The fourth-order valence-electron chi connectivity index (χ4n) is 3.50. The van der Waals surface area contributed by atoms with E-state index in [2.05, 4.69) is 16.2 Å². The van der Waals surface area contributed by atoms with Gasteiger partial charge in [-0.05, 0) is 25.7 Å². The van der Waals surface area contributed by atoms with E-state index in [1.54, 1.807) is 0 Å². The van der Waals surface area contributed by atoms with Crippen molar-refractivity contribution in [3.05, 3.63) is 18.0 Å². The first-order valence-electron chi connectivity index (χ1n) is 8.80. The Morgan fingerprint density at radius 1 is 1.30 bits per heavy atom. The Bertz CT molecular complexity index is 510. The van der Waals surface area contributed by atoms with Gasteiger partial charge in [0.25, 0.3) is 0 Å². The van der Waals surface area contributed by atoms with Gasteiger partial charge in [-0.15, -0.1) is 0 Å². The van der Waals surface area contributed by atoms with Gasteiger partial charge in [-0.1, -0.05) is 0 Å². The topological polar surface area (TPSA) is 50.6 Å². The number of nitrogens with zero attached hydrogens (tertiary/aromatic N) is 4. The fourth-order valence-corrected chi connectivity index (χ4v) is 3.50. The van der Waals surface area contributed by atoms with Crippen LogP contribution in [0.25, 0.3) is 0 Å². The second-order valence-electron chi connectivity index (χ2n) is 6.71. The minimum Gasteiger partial charge on any atom is -0.378 e. The number of carbonyl (C=O) groups is 1. The lowest BCUT2D eigenvalue weighted by molar-refractivity contribution is -0.131.